The van der Waals surface area contributed by atoms with Gasteiger partial charge in [0.05, 0.1) is 0 Å². The second kappa shape index (κ2) is 5.80. The lowest BCUT2D eigenvalue weighted by Crippen LogP contribution is -2.22. The van der Waals surface area contributed by atoms with E-state index in [9.17, 15) is 0 Å². The lowest BCUT2D eigenvalue weighted by molar-refractivity contribution is 0.476. The summed E-state index contributed by atoms with van der Waals surface area (Å²) in [5.41, 5.74) is 1.48. The van der Waals surface area contributed by atoms with Crippen LogP contribution < -0.4 is 0 Å². The summed E-state index contributed by atoms with van der Waals surface area (Å²) in [5.74, 6) is 0. The monoisotopic (exact) mass is 237 g/mol. The lowest BCUT2D eigenvalue weighted by atomic mass is 10.2. The summed E-state index contributed by atoms with van der Waals surface area (Å²) in [5, 5.41) is 0.426. The van der Waals surface area contributed by atoms with Gasteiger partial charge in [-0.25, -0.2) is 0 Å². The Bertz CT molecular complexity index is 300. The van der Waals surface area contributed by atoms with Crippen LogP contribution in [0.2, 0.25) is 0 Å². The third-order valence-corrected chi connectivity index (χ3v) is 6.17. The van der Waals surface area contributed by atoms with Crippen molar-refractivity contribution in [1.29, 1.82) is 0 Å². The van der Waals surface area contributed by atoms with Crippen LogP contribution in [0.25, 0.3) is 0 Å². The Balaban J connectivity index is 2.72. The molecule has 0 amide bonds. The molecule has 1 aromatic rings. The Hall–Kier alpha value is -0.390. The number of benzene rings is 1. The van der Waals surface area contributed by atoms with Crippen molar-refractivity contribution in [3.8, 4) is 0 Å². The molecule has 0 aliphatic rings. The average molecular weight is 237 g/mol. The second-order valence-corrected chi connectivity index (χ2v) is 8.60. The van der Waals surface area contributed by atoms with E-state index in [-0.39, 0.29) is 7.92 Å². The average Bonchev–Trinajstić information content (AvgIpc) is 2.16. The zero-order valence-electron chi connectivity index (χ0n) is 11.2. The van der Waals surface area contributed by atoms with Crippen LogP contribution in [0.3, 0.4) is 0 Å². The Morgan fingerprint density at radius 3 is 2.06 bits per heavy atom. The number of nitrogens with zero attached hydrogens (tertiary/aromatic N) is 1. The van der Waals surface area contributed by atoms with Gasteiger partial charge < -0.3 is 4.90 Å². The Morgan fingerprint density at radius 2 is 1.62 bits per heavy atom. The molecule has 0 aliphatic heterocycles. The minimum atomic E-state index is 0.00849. The molecule has 0 heterocycles. The van der Waals surface area contributed by atoms with Crippen molar-refractivity contribution in [1.82, 2.24) is 4.90 Å². The lowest BCUT2D eigenvalue weighted by Gasteiger charge is -2.33. The van der Waals surface area contributed by atoms with Gasteiger partial charge in [0.1, 0.15) is 0 Å². The zero-order chi connectivity index (χ0) is 12.2. The fourth-order valence-corrected chi connectivity index (χ4v) is 3.98. The van der Waals surface area contributed by atoms with Crippen LogP contribution in [-0.2, 0) is 6.16 Å². The maximum atomic E-state index is 2.37. The zero-order valence-corrected chi connectivity index (χ0v) is 12.1. The van der Waals surface area contributed by atoms with Crippen molar-refractivity contribution in [2.45, 2.75) is 32.1 Å². The highest BCUT2D eigenvalue weighted by molar-refractivity contribution is 7.58. The molecule has 0 radical (unpaired) electrons. The summed E-state index contributed by atoms with van der Waals surface area (Å²) >= 11 is 0. The van der Waals surface area contributed by atoms with Gasteiger partial charge in [-0.1, -0.05) is 59.0 Å². The van der Waals surface area contributed by atoms with E-state index < -0.39 is 0 Å². The summed E-state index contributed by atoms with van der Waals surface area (Å²) in [6.45, 7) is 7.10. The predicted molar refractivity (Wildman–Crippen MR) is 75.4 cm³/mol. The van der Waals surface area contributed by atoms with Gasteiger partial charge in [0.25, 0.3) is 0 Å². The first-order chi connectivity index (χ1) is 7.39. The van der Waals surface area contributed by atoms with E-state index in [2.05, 4.69) is 70.1 Å². The van der Waals surface area contributed by atoms with Crippen molar-refractivity contribution in [2.75, 3.05) is 20.4 Å². The van der Waals surface area contributed by atoms with Gasteiger partial charge in [-0.05, 0) is 31.0 Å². The Kier molecular flexibility index (Phi) is 4.95. The second-order valence-electron chi connectivity index (χ2n) is 5.58. The minimum Gasteiger partial charge on any atom is -0.305 e. The third-order valence-electron chi connectivity index (χ3n) is 2.62. The predicted octanol–water partition coefficient (Wildman–Crippen LogP) is 3.99. The van der Waals surface area contributed by atoms with E-state index in [1.807, 2.05) is 0 Å². The molecule has 0 saturated carbocycles. The van der Waals surface area contributed by atoms with Gasteiger partial charge >= 0.3 is 0 Å². The molecule has 0 bridgehead atoms. The molecule has 0 spiro atoms. The van der Waals surface area contributed by atoms with E-state index in [1.54, 1.807) is 0 Å². The maximum absolute atomic E-state index is 2.37. The summed E-state index contributed by atoms with van der Waals surface area (Å²) in [4.78, 5) is 2.32. The van der Waals surface area contributed by atoms with E-state index >= 15 is 0 Å². The van der Waals surface area contributed by atoms with Crippen LogP contribution in [0.5, 0.6) is 0 Å². The van der Waals surface area contributed by atoms with Crippen LogP contribution in [0, 0.1) is 0 Å². The number of hydrogen-bond donors (Lipinski definition) is 0. The number of hydrogen-bond acceptors (Lipinski definition) is 1. The van der Waals surface area contributed by atoms with E-state index in [0.717, 1.165) is 0 Å². The van der Waals surface area contributed by atoms with Crippen molar-refractivity contribution in [3.63, 3.8) is 0 Å². The van der Waals surface area contributed by atoms with E-state index in [4.69, 9.17) is 0 Å². The molecule has 1 rings (SSSR count). The highest BCUT2D eigenvalue weighted by Crippen LogP contribution is 2.51. The Morgan fingerprint density at radius 1 is 1.06 bits per heavy atom. The van der Waals surface area contributed by atoms with Crippen molar-refractivity contribution in [2.24, 2.45) is 0 Å². The molecule has 1 atom stereocenters. The molecule has 1 unspecified atom stereocenters. The van der Waals surface area contributed by atoms with E-state index in [1.165, 1.54) is 18.0 Å². The molecule has 2 heteroatoms. The summed E-state index contributed by atoms with van der Waals surface area (Å²) in [7, 11) is 4.35. The van der Waals surface area contributed by atoms with Gasteiger partial charge in [0, 0.05) is 6.29 Å². The summed E-state index contributed by atoms with van der Waals surface area (Å²) in [6.07, 6.45) is 2.45. The molecule has 16 heavy (non-hydrogen) atoms. The Labute approximate surface area is 102 Å². The highest BCUT2D eigenvalue weighted by Gasteiger charge is 2.24. The van der Waals surface area contributed by atoms with Crippen LogP contribution in [-0.4, -0.2) is 30.4 Å². The molecule has 0 aliphatic carbocycles. The highest BCUT2D eigenvalue weighted by atomic mass is 31.1. The van der Waals surface area contributed by atoms with Crippen LogP contribution in [0.1, 0.15) is 26.3 Å². The fourth-order valence-electron chi connectivity index (χ4n) is 1.64. The molecule has 90 valence electrons. The summed E-state index contributed by atoms with van der Waals surface area (Å²) < 4.78 is 0. The van der Waals surface area contributed by atoms with Crippen LogP contribution >= 0.6 is 7.92 Å². The molecule has 1 aromatic carbocycles. The first-order valence-corrected chi connectivity index (χ1v) is 7.54. The topological polar surface area (TPSA) is 3.24 Å². The molecule has 0 fully saturated rings. The third kappa shape index (κ3) is 4.63. The molecule has 1 nitrogen and oxygen atoms in total. The van der Waals surface area contributed by atoms with Crippen molar-refractivity contribution >= 4 is 7.92 Å². The van der Waals surface area contributed by atoms with Crippen molar-refractivity contribution < 1.29 is 0 Å². The molecule has 0 saturated heterocycles. The molecular weight excluding hydrogens is 213 g/mol. The molecule has 0 N–H and O–H groups in total. The minimum absolute atomic E-state index is 0.00849. The van der Waals surface area contributed by atoms with Crippen molar-refractivity contribution in [3.05, 3.63) is 35.9 Å². The summed E-state index contributed by atoms with van der Waals surface area (Å²) in [6, 6.07) is 10.9. The van der Waals surface area contributed by atoms with Gasteiger partial charge in [-0.3, -0.25) is 0 Å². The maximum Gasteiger partial charge on any atom is 0.0185 e. The smallest absolute Gasteiger partial charge is 0.0185 e. The quantitative estimate of drug-likeness (QED) is 0.716. The first-order valence-electron chi connectivity index (χ1n) is 5.83. The van der Waals surface area contributed by atoms with E-state index in [0.29, 0.717) is 5.16 Å². The first kappa shape index (κ1) is 13.7. The standard InChI is InChI=1S/C14H24NP/c1-14(2,3)16(12-15(4)5)11-13-9-7-6-8-10-13/h6-10H,11-12H2,1-5H3. The molecule has 0 aromatic heterocycles. The largest absolute Gasteiger partial charge is 0.305 e. The van der Waals surface area contributed by atoms with Crippen LogP contribution in [0.15, 0.2) is 30.3 Å². The normalized spacial score (nSPS) is 14.1. The SMILES string of the molecule is CN(C)CP(Cc1ccccc1)C(C)(C)C. The van der Waals surface area contributed by atoms with Gasteiger partial charge in [0.2, 0.25) is 0 Å². The number of rotatable bonds is 4. The van der Waals surface area contributed by atoms with Gasteiger partial charge in [-0.15, -0.1) is 0 Å². The van der Waals surface area contributed by atoms with Gasteiger partial charge in [0.15, 0.2) is 0 Å². The fraction of sp³-hybridized carbons (Fsp3) is 0.571. The van der Waals surface area contributed by atoms with Crippen LogP contribution in [0.4, 0.5) is 0 Å². The van der Waals surface area contributed by atoms with Gasteiger partial charge in [-0.2, -0.15) is 0 Å². The molecular formula is C14H24NP.